The zero-order valence-electron chi connectivity index (χ0n) is 15.0. The summed E-state index contributed by atoms with van der Waals surface area (Å²) in [5, 5.41) is 0. The Balaban J connectivity index is 1.63. The second-order valence-electron chi connectivity index (χ2n) is 6.19. The fraction of sp³-hybridized carbons (Fsp3) is 0.250. The third-order valence-corrected chi connectivity index (χ3v) is 4.49. The number of benzene rings is 1. The number of pyridine rings is 1. The lowest BCUT2D eigenvalue weighted by molar-refractivity contribution is -0.135. The summed E-state index contributed by atoms with van der Waals surface area (Å²) < 4.78 is 6.97. The first kappa shape index (κ1) is 17.7. The molecular formula is C20H21N3O3. The highest BCUT2D eigenvalue weighted by Gasteiger charge is 2.20. The Kier molecular flexibility index (Phi) is 5.02. The van der Waals surface area contributed by atoms with Crippen molar-refractivity contribution in [3.8, 4) is 0 Å². The van der Waals surface area contributed by atoms with Gasteiger partial charge in [0.05, 0.1) is 6.04 Å². The Morgan fingerprint density at radius 1 is 1.15 bits per heavy atom. The number of imidazole rings is 1. The number of esters is 1. The van der Waals surface area contributed by atoms with Gasteiger partial charge in [-0.1, -0.05) is 36.4 Å². The van der Waals surface area contributed by atoms with Gasteiger partial charge in [0.1, 0.15) is 5.65 Å². The number of likely N-dealkylation sites (N-methyl/N-ethyl adjacent to an activating group) is 1. The molecule has 3 rings (SSSR count). The number of aromatic nitrogens is 2. The molecule has 1 aromatic carbocycles. The molecular weight excluding hydrogens is 330 g/mol. The van der Waals surface area contributed by atoms with Crippen molar-refractivity contribution in [1.29, 1.82) is 0 Å². The lowest BCUT2D eigenvalue weighted by Gasteiger charge is -2.25. The summed E-state index contributed by atoms with van der Waals surface area (Å²) in [6.07, 6.45) is 1.62. The lowest BCUT2D eigenvalue weighted by atomic mass is 10.1. The lowest BCUT2D eigenvalue weighted by Crippen LogP contribution is -2.33. The Labute approximate surface area is 152 Å². The van der Waals surface area contributed by atoms with Crippen molar-refractivity contribution in [3.63, 3.8) is 0 Å². The van der Waals surface area contributed by atoms with E-state index in [4.69, 9.17) is 4.74 Å². The van der Waals surface area contributed by atoms with Gasteiger partial charge < -0.3 is 14.0 Å². The maximum Gasteiger partial charge on any atom is 0.359 e. The minimum atomic E-state index is -0.609. The van der Waals surface area contributed by atoms with Crippen LogP contribution in [0.5, 0.6) is 0 Å². The van der Waals surface area contributed by atoms with Crippen LogP contribution in [0.1, 0.15) is 34.7 Å². The van der Waals surface area contributed by atoms with E-state index in [9.17, 15) is 9.59 Å². The quantitative estimate of drug-likeness (QED) is 0.663. The van der Waals surface area contributed by atoms with E-state index in [1.807, 2.05) is 66.8 Å². The molecule has 0 aliphatic rings. The third-order valence-electron chi connectivity index (χ3n) is 4.49. The largest absolute Gasteiger partial charge is 0.451 e. The van der Waals surface area contributed by atoms with Gasteiger partial charge in [-0.3, -0.25) is 4.79 Å². The fourth-order valence-corrected chi connectivity index (χ4v) is 2.72. The molecule has 0 aliphatic heterocycles. The summed E-state index contributed by atoms with van der Waals surface area (Å²) in [7, 11) is 1.70. The van der Waals surface area contributed by atoms with Crippen molar-refractivity contribution in [2.75, 3.05) is 13.7 Å². The van der Waals surface area contributed by atoms with Crippen LogP contribution in [0.25, 0.3) is 5.65 Å². The highest BCUT2D eigenvalue weighted by molar-refractivity contribution is 5.90. The number of ether oxygens (including phenoxy) is 1. The van der Waals surface area contributed by atoms with Crippen LogP contribution < -0.4 is 0 Å². The number of nitrogens with zero attached hydrogens (tertiary/aromatic N) is 3. The van der Waals surface area contributed by atoms with Crippen LogP contribution in [0.4, 0.5) is 0 Å². The van der Waals surface area contributed by atoms with Gasteiger partial charge in [-0.2, -0.15) is 0 Å². The first-order valence-corrected chi connectivity index (χ1v) is 8.40. The van der Waals surface area contributed by atoms with Gasteiger partial charge in [-0.05, 0) is 31.5 Å². The second kappa shape index (κ2) is 7.39. The zero-order valence-corrected chi connectivity index (χ0v) is 15.0. The number of rotatable bonds is 5. The van der Waals surface area contributed by atoms with Gasteiger partial charge in [0.2, 0.25) is 0 Å². The Hall–Kier alpha value is -3.15. The highest BCUT2D eigenvalue weighted by atomic mass is 16.5. The summed E-state index contributed by atoms with van der Waals surface area (Å²) in [4.78, 5) is 30.4. The number of hydrogen-bond acceptors (Lipinski definition) is 4. The van der Waals surface area contributed by atoms with E-state index in [0.29, 0.717) is 5.65 Å². The average Bonchev–Trinajstić information content (AvgIpc) is 3.11. The number of fused-ring (bicyclic) bond motifs is 1. The minimum absolute atomic E-state index is 0.111. The zero-order chi connectivity index (χ0) is 18.7. The smallest absolute Gasteiger partial charge is 0.359 e. The fourth-order valence-electron chi connectivity index (χ4n) is 2.72. The van der Waals surface area contributed by atoms with E-state index in [1.54, 1.807) is 18.1 Å². The first-order valence-electron chi connectivity index (χ1n) is 8.40. The molecule has 0 fully saturated rings. The maximum absolute atomic E-state index is 12.3. The molecule has 6 nitrogen and oxygen atoms in total. The summed E-state index contributed by atoms with van der Waals surface area (Å²) in [5.41, 5.74) is 2.83. The molecule has 26 heavy (non-hydrogen) atoms. The molecule has 0 unspecified atom stereocenters. The van der Waals surface area contributed by atoms with Gasteiger partial charge >= 0.3 is 5.97 Å². The van der Waals surface area contributed by atoms with Crippen molar-refractivity contribution in [2.24, 2.45) is 0 Å². The van der Waals surface area contributed by atoms with Crippen molar-refractivity contribution in [3.05, 3.63) is 71.7 Å². The maximum atomic E-state index is 12.3. The van der Waals surface area contributed by atoms with Crippen LogP contribution in [-0.2, 0) is 9.53 Å². The molecule has 3 aromatic rings. The van der Waals surface area contributed by atoms with Crippen molar-refractivity contribution in [1.82, 2.24) is 14.3 Å². The third kappa shape index (κ3) is 3.59. The Bertz CT molecular complexity index is 934. The predicted octanol–water partition coefficient (Wildman–Crippen LogP) is 3.02. The molecule has 2 aromatic heterocycles. The molecule has 0 N–H and O–H groups in total. The molecule has 1 amide bonds. The molecule has 0 saturated carbocycles. The van der Waals surface area contributed by atoms with Crippen LogP contribution in [0.2, 0.25) is 0 Å². The molecule has 0 saturated heterocycles. The van der Waals surface area contributed by atoms with Gasteiger partial charge in [0, 0.05) is 18.9 Å². The normalized spacial score (nSPS) is 12.0. The van der Waals surface area contributed by atoms with Crippen LogP contribution >= 0.6 is 0 Å². The number of carbonyl (C=O) groups is 2. The van der Waals surface area contributed by atoms with E-state index in [1.165, 1.54) is 0 Å². The molecule has 0 radical (unpaired) electrons. The topological polar surface area (TPSA) is 63.9 Å². The van der Waals surface area contributed by atoms with E-state index >= 15 is 0 Å². The standard InChI is InChI=1S/C20H21N3O3/c1-14-8-7-11-18-21-17(12-23(14)18)20(25)26-13-19(24)22(3)15(2)16-9-5-4-6-10-16/h4-12,15H,13H2,1-3H3/t15-/m0/s1. The van der Waals surface area contributed by atoms with Crippen molar-refractivity contribution < 1.29 is 14.3 Å². The molecule has 6 heteroatoms. The van der Waals surface area contributed by atoms with Gasteiger partial charge in [0.25, 0.3) is 5.91 Å². The molecule has 2 heterocycles. The molecule has 0 bridgehead atoms. The Morgan fingerprint density at radius 2 is 1.88 bits per heavy atom. The summed E-state index contributed by atoms with van der Waals surface area (Å²) in [5.74, 6) is -0.878. The van der Waals surface area contributed by atoms with E-state index in [-0.39, 0.29) is 24.2 Å². The summed E-state index contributed by atoms with van der Waals surface area (Å²) >= 11 is 0. The monoisotopic (exact) mass is 351 g/mol. The van der Waals surface area contributed by atoms with Crippen molar-refractivity contribution in [2.45, 2.75) is 19.9 Å². The van der Waals surface area contributed by atoms with E-state index in [2.05, 4.69) is 4.98 Å². The molecule has 0 aliphatic carbocycles. The number of amides is 1. The van der Waals surface area contributed by atoms with Crippen LogP contribution in [0.15, 0.2) is 54.7 Å². The molecule has 134 valence electrons. The number of hydrogen-bond donors (Lipinski definition) is 0. The van der Waals surface area contributed by atoms with Crippen molar-refractivity contribution >= 4 is 17.5 Å². The minimum Gasteiger partial charge on any atom is -0.451 e. The second-order valence-corrected chi connectivity index (χ2v) is 6.19. The molecule has 0 spiro atoms. The summed E-state index contributed by atoms with van der Waals surface area (Å²) in [6, 6.07) is 15.2. The van der Waals surface area contributed by atoms with Crippen LogP contribution in [0, 0.1) is 6.92 Å². The molecule has 1 atom stereocenters. The number of aryl methyl sites for hydroxylation is 1. The van der Waals surface area contributed by atoms with Crippen LogP contribution in [0.3, 0.4) is 0 Å². The SMILES string of the molecule is Cc1cccc2nc(C(=O)OCC(=O)N(C)[C@@H](C)c3ccccc3)cn12. The summed E-state index contributed by atoms with van der Waals surface area (Å²) in [6.45, 7) is 3.53. The first-order chi connectivity index (χ1) is 12.5. The van der Waals surface area contributed by atoms with Crippen LogP contribution in [-0.4, -0.2) is 39.8 Å². The van der Waals surface area contributed by atoms with Gasteiger partial charge in [-0.15, -0.1) is 0 Å². The van der Waals surface area contributed by atoms with Gasteiger partial charge in [0.15, 0.2) is 12.3 Å². The highest BCUT2D eigenvalue weighted by Crippen LogP contribution is 2.18. The Morgan fingerprint density at radius 3 is 2.58 bits per heavy atom. The van der Waals surface area contributed by atoms with E-state index in [0.717, 1.165) is 11.3 Å². The number of carbonyl (C=O) groups excluding carboxylic acids is 2. The van der Waals surface area contributed by atoms with E-state index < -0.39 is 5.97 Å². The predicted molar refractivity (Wildman–Crippen MR) is 97.8 cm³/mol. The van der Waals surface area contributed by atoms with Gasteiger partial charge in [-0.25, -0.2) is 9.78 Å². The average molecular weight is 351 g/mol.